The normalized spacial score (nSPS) is 19.4. The van der Waals surface area contributed by atoms with E-state index in [2.05, 4.69) is 10.4 Å². The minimum absolute atomic E-state index is 0.388. The molecular formula is C12H19N3O. The van der Waals surface area contributed by atoms with Crippen molar-refractivity contribution in [3.8, 4) is 0 Å². The van der Waals surface area contributed by atoms with Gasteiger partial charge in [-0.3, -0.25) is 4.99 Å². The van der Waals surface area contributed by atoms with Crippen LogP contribution in [0, 0.1) is 0 Å². The molecule has 0 atom stereocenters. The van der Waals surface area contributed by atoms with Gasteiger partial charge in [-0.15, -0.1) is 0 Å². The van der Waals surface area contributed by atoms with E-state index in [1.165, 1.54) is 25.7 Å². The van der Waals surface area contributed by atoms with Crippen LogP contribution in [0.2, 0.25) is 0 Å². The van der Waals surface area contributed by atoms with Crippen LogP contribution in [0.5, 0.6) is 0 Å². The second kappa shape index (κ2) is 5.70. The van der Waals surface area contributed by atoms with E-state index in [0.29, 0.717) is 17.6 Å². The lowest BCUT2D eigenvalue weighted by molar-refractivity contribution is 0.544. The molecule has 4 heteroatoms. The standard InChI is InChI=1S/C12H19N3O/c13-15-12(11-8-5-9-16-11)14-10-6-3-1-2-4-7-10/h5,8-10H,1-4,6-7,13H2,(H,14,15). The highest BCUT2D eigenvalue weighted by atomic mass is 16.3. The van der Waals surface area contributed by atoms with Crippen LogP contribution in [0.15, 0.2) is 27.8 Å². The summed E-state index contributed by atoms with van der Waals surface area (Å²) >= 11 is 0. The van der Waals surface area contributed by atoms with Crippen LogP contribution in [0.1, 0.15) is 44.3 Å². The lowest BCUT2D eigenvalue weighted by Gasteiger charge is -2.10. The maximum atomic E-state index is 5.48. The van der Waals surface area contributed by atoms with E-state index in [0.717, 1.165) is 12.8 Å². The third kappa shape index (κ3) is 2.85. The Bertz CT molecular complexity index is 324. The van der Waals surface area contributed by atoms with Crippen LogP contribution in [-0.2, 0) is 0 Å². The van der Waals surface area contributed by atoms with Crippen molar-refractivity contribution in [2.24, 2.45) is 10.8 Å². The van der Waals surface area contributed by atoms with E-state index in [4.69, 9.17) is 10.3 Å². The first-order valence-corrected chi connectivity index (χ1v) is 5.98. The van der Waals surface area contributed by atoms with Crippen LogP contribution < -0.4 is 11.3 Å². The van der Waals surface area contributed by atoms with Gasteiger partial charge in [-0.05, 0) is 25.0 Å². The van der Waals surface area contributed by atoms with Crippen molar-refractivity contribution in [2.75, 3.05) is 0 Å². The molecule has 0 saturated heterocycles. The fourth-order valence-corrected chi connectivity index (χ4v) is 2.15. The number of hydrogen-bond acceptors (Lipinski definition) is 3. The number of amidine groups is 1. The van der Waals surface area contributed by atoms with Gasteiger partial charge in [0.25, 0.3) is 0 Å². The Morgan fingerprint density at radius 3 is 2.62 bits per heavy atom. The van der Waals surface area contributed by atoms with Crippen molar-refractivity contribution in [2.45, 2.75) is 44.6 Å². The van der Waals surface area contributed by atoms with Crippen LogP contribution in [0.4, 0.5) is 0 Å². The van der Waals surface area contributed by atoms with E-state index >= 15 is 0 Å². The molecule has 0 unspecified atom stereocenters. The van der Waals surface area contributed by atoms with Gasteiger partial charge in [-0.1, -0.05) is 25.7 Å². The van der Waals surface area contributed by atoms with Crippen molar-refractivity contribution in [3.05, 3.63) is 24.2 Å². The summed E-state index contributed by atoms with van der Waals surface area (Å²) < 4.78 is 5.29. The van der Waals surface area contributed by atoms with Crippen LogP contribution in [0.25, 0.3) is 0 Å². The summed E-state index contributed by atoms with van der Waals surface area (Å²) in [5, 5.41) is 0. The van der Waals surface area contributed by atoms with Crippen LogP contribution in [-0.4, -0.2) is 11.9 Å². The SMILES string of the molecule is NNC(=NC1CCCCCC1)c1ccco1. The highest BCUT2D eigenvalue weighted by molar-refractivity contribution is 5.95. The summed E-state index contributed by atoms with van der Waals surface area (Å²) in [6.07, 6.45) is 9.15. The van der Waals surface area contributed by atoms with Gasteiger partial charge in [0.05, 0.1) is 12.3 Å². The molecule has 1 saturated carbocycles. The molecule has 0 aromatic carbocycles. The highest BCUT2D eigenvalue weighted by Crippen LogP contribution is 2.20. The summed E-state index contributed by atoms with van der Waals surface area (Å²) in [6.45, 7) is 0. The lowest BCUT2D eigenvalue weighted by Crippen LogP contribution is -2.32. The van der Waals surface area contributed by atoms with E-state index in [1.54, 1.807) is 6.26 Å². The molecule has 0 bridgehead atoms. The maximum absolute atomic E-state index is 5.48. The molecule has 1 fully saturated rings. The monoisotopic (exact) mass is 221 g/mol. The molecule has 1 aromatic heterocycles. The van der Waals surface area contributed by atoms with Crippen molar-refractivity contribution >= 4 is 5.84 Å². The Balaban J connectivity index is 2.07. The third-order valence-corrected chi connectivity index (χ3v) is 3.03. The zero-order chi connectivity index (χ0) is 11.2. The lowest BCUT2D eigenvalue weighted by atomic mass is 10.1. The largest absolute Gasteiger partial charge is 0.461 e. The minimum atomic E-state index is 0.388. The molecule has 1 heterocycles. The fourth-order valence-electron chi connectivity index (χ4n) is 2.15. The molecule has 2 rings (SSSR count). The average Bonchev–Trinajstić information content (AvgIpc) is 2.71. The average molecular weight is 221 g/mol. The Labute approximate surface area is 95.9 Å². The number of hydrogen-bond donors (Lipinski definition) is 2. The molecule has 0 radical (unpaired) electrons. The van der Waals surface area contributed by atoms with E-state index < -0.39 is 0 Å². The highest BCUT2D eigenvalue weighted by Gasteiger charge is 2.13. The number of rotatable bonds is 2. The fraction of sp³-hybridized carbons (Fsp3) is 0.583. The summed E-state index contributed by atoms with van der Waals surface area (Å²) in [5.74, 6) is 6.86. The van der Waals surface area contributed by atoms with Crippen LogP contribution in [0.3, 0.4) is 0 Å². The molecule has 4 nitrogen and oxygen atoms in total. The van der Waals surface area contributed by atoms with Crippen molar-refractivity contribution in [3.63, 3.8) is 0 Å². The van der Waals surface area contributed by atoms with E-state index in [-0.39, 0.29) is 0 Å². The Kier molecular flexibility index (Phi) is 3.99. The Hall–Kier alpha value is -1.29. The first kappa shape index (κ1) is 11.2. The van der Waals surface area contributed by atoms with Gasteiger partial charge in [0.15, 0.2) is 11.6 Å². The molecule has 3 N–H and O–H groups in total. The zero-order valence-corrected chi connectivity index (χ0v) is 9.48. The summed E-state index contributed by atoms with van der Waals surface area (Å²) in [5.41, 5.74) is 2.63. The number of nitrogens with zero attached hydrogens (tertiary/aromatic N) is 1. The van der Waals surface area contributed by atoms with Crippen molar-refractivity contribution < 1.29 is 4.42 Å². The molecule has 1 aliphatic carbocycles. The van der Waals surface area contributed by atoms with Crippen LogP contribution >= 0.6 is 0 Å². The quantitative estimate of drug-likeness (QED) is 0.264. The minimum Gasteiger partial charge on any atom is -0.461 e. The molecular weight excluding hydrogens is 202 g/mol. The van der Waals surface area contributed by atoms with Gasteiger partial charge in [0, 0.05) is 0 Å². The predicted octanol–water partition coefficient (Wildman–Crippen LogP) is 2.21. The number of furan rings is 1. The smallest absolute Gasteiger partial charge is 0.179 e. The number of nitrogens with two attached hydrogens (primary N) is 1. The van der Waals surface area contributed by atoms with Crippen molar-refractivity contribution in [1.29, 1.82) is 0 Å². The van der Waals surface area contributed by atoms with Gasteiger partial charge in [-0.25, -0.2) is 5.84 Å². The number of aliphatic imine (C=N–C) groups is 1. The van der Waals surface area contributed by atoms with E-state index in [1.807, 2.05) is 12.1 Å². The van der Waals surface area contributed by atoms with Gasteiger partial charge in [0.1, 0.15) is 0 Å². The molecule has 0 aliphatic heterocycles. The van der Waals surface area contributed by atoms with Gasteiger partial charge in [0.2, 0.25) is 0 Å². The van der Waals surface area contributed by atoms with Gasteiger partial charge >= 0.3 is 0 Å². The molecule has 0 spiro atoms. The number of nitrogens with one attached hydrogen (secondary N) is 1. The van der Waals surface area contributed by atoms with Crippen molar-refractivity contribution in [1.82, 2.24) is 5.43 Å². The second-order valence-electron chi connectivity index (χ2n) is 4.24. The first-order chi connectivity index (χ1) is 7.90. The Morgan fingerprint density at radius 2 is 2.06 bits per heavy atom. The molecule has 16 heavy (non-hydrogen) atoms. The summed E-state index contributed by atoms with van der Waals surface area (Å²) in [6, 6.07) is 4.10. The number of hydrazine groups is 1. The first-order valence-electron chi connectivity index (χ1n) is 5.98. The molecule has 1 aromatic rings. The predicted molar refractivity (Wildman–Crippen MR) is 64.1 cm³/mol. The zero-order valence-electron chi connectivity index (χ0n) is 9.48. The second-order valence-corrected chi connectivity index (χ2v) is 4.24. The topological polar surface area (TPSA) is 63.5 Å². The summed E-state index contributed by atoms with van der Waals surface area (Å²) in [4.78, 5) is 4.64. The van der Waals surface area contributed by atoms with Gasteiger partial charge in [-0.2, -0.15) is 0 Å². The maximum Gasteiger partial charge on any atom is 0.179 e. The summed E-state index contributed by atoms with van der Waals surface area (Å²) in [7, 11) is 0. The van der Waals surface area contributed by atoms with Gasteiger partial charge < -0.3 is 9.84 Å². The molecule has 0 amide bonds. The molecule has 88 valence electrons. The third-order valence-electron chi connectivity index (χ3n) is 3.03. The Morgan fingerprint density at radius 1 is 1.31 bits per heavy atom. The van der Waals surface area contributed by atoms with E-state index in [9.17, 15) is 0 Å². The molecule has 1 aliphatic rings.